The Hall–Kier alpha value is -2.70. The zero-order chi connectivity index (χ0) is 22.7. The van der Waals surface area contributed by atoms with E-state index >= 15 is 0 Å². The van der Waals surface area contributed by atoms with Crippen LogP contribution in [-0.4, -0.2) is 60.4 Å². The SMILES string of the molecule is COc1ccc(-c2nn(-c3ccccc3C)cc2CN(C)C[C@@H]2CCCN(C)C2)cc1F. The van der Waals surface area contributed by atoms with Crippen LogP contribution in [-0.2, 0) is 6.54 Å². The molecule has 3 aromatic rings. The highest BCUT2D eigenvalue weighted by molar-refractivity contribution is 5.64. The predicted octanol–water partition coefficient (Wildman–Crippen LogP) is 4.77. The fourth-order valence-electron chi connectivity index (χ4n) is 4.74. The van der Waals surface area contributed by atoms with E-state index < -0.39 is 0 Å². The van der Waals surface area contributed by atoms with Crippen LogP contribution in [0, 0.1) is 18.7 Å². The van der Waals surface area contributed by atoms with Crippen LogP contribution in [0.3, 0.4) is 0 Å². The highest BCUT2D eigenvalue weighted by Crippen LogP contribution is 2.29. The Kier molecular flexibility index (Phi) is 6.92. The van der Waals surface area contributed by atoms with E-state index in [0.717, 1.165) is 47.7 Å². The van der Waals surface area contributed by atoms with Gasteiger partial charge in [-0.2, -0.15) is 5.10 Å². The van der Waals surface area contributed by atoms with Gasteiger partial charge in [0.15, 0.2) is 11.6 Å². The van der Waals surface area contributed by atoms with Crippen LogP contribution in [0.15, 0.2) is 48.7 Å². The van der Waals surface area contributed by atoms with Gasteiger partial charge in [0.1, 0.15) is 0 Å². The van der Waals surface area contributed by atoms with E-state index in [1.165, 1.54) is 32.6 Å². The van der Waals surface area contributed by atoms with E-state index in [4.69, 9.17) is 9.84 Å². The van der Waals surface area contributed by atoms with E-state index in [0.29, 0.717) is 5.92 Å². The Labute approximate surface area is 190 Å². The number of methoxy groups -OCH3 is 1. The summed E-state index contributed by atoms with van der Waals surface area (Å²) in [5, 5.41) is 4.89. The Morgan fingerprint density at radius 2 is 2.03 bits per heavy atom. The number of para-hydroxylation sites is 1. The molecule has 0 N–H and O–H groups in total. The van der Waals surface area contributed by atoms with Crippen molar-refractivity contribution in [3.05, 3.63) is 65.6 Å². The molecule has 1 saturated heterocycles. The predicted molar refractivity (Wildman–Crippen MR) is 127 cm³/mol. The molecule has 4 rings (SSSR count). The molecule has 2 aromatic carbocycles. The molecule has 0 amide bonds. The molecular formula is C26H33FN4O. The number of halogens is 1. The second-order valence-corrected chi connectivity index (χ2v) is 9.05. The minimum Gasteiger partial charge on any atom is -0.494 e. The van der Waals surface area contributed by atoms with Crippen molar-refractivity contribution in [2.75, 3.05) is 40.8 Å². The number of benzene rings is 2. The van der Waals surface area contributed by atoms with Gasteiger partial charge in [-0.25, -0.2) is 9.07 Å². The topological polar surface area (TPSA) is 33.5 Å². The highest BCUT2D eigenvalue weighted by Gasteiger charge is 2.21. The molecule has 0 saturated carbocycles. The summed E-state index contributed by atoms with van der Waals surface area (Å²) in [6.45, 7) is 6.21. The molecule has 1 fully saturated rings. The van der Waals surface area contributed by atoms with Crippen molar-refractivity contribution in [2.45, 2.75) is 26.3 Å². The van der Waals surface area contributed by atoms with Crippen molar-refractivity contribution in [3.8, 4) is 22.7 Å². The van der Waals surface area contributed by atoms with Gasteiger partial charge in [-0.1, -0.05) is 18.2 Å². The van der Waals surface area contributed by atoms with Gasteiger partial charge in [0.05, 0.1) is 18.5 Å². The molecule has 1 aliphatic rings. The maximum Gasteiger partial charge on any atom is 0.165 e. The number of hydrogen-bond acceptors (Lipinski definition) is 4. The molecule has 1 aliphatic heterocycles. The molecule has 0 aliphatic carbocycles. The van der Waals surface area contributed by atoms with Gasteiger partial charge in [0, 0.05) is 37.0 Å². The zero-order valence-corrected chi connectivity index (χ0v) is 19.5. The number of piperidine rings is 1. The van der Waals surface area contributed by atoms with Gasteiger partial charge in [0.2, 0.25) is 0 Å². The van der Waals surface area contributed by atoms with Gasteiger partial charge >= 0.3 is 0 Å². The van der Waals surface area contributed by atoms with E-state index in [-0.39, 0.29) is 11.6 Å². The van der Waals surface area contributed by atoms with Crippen molar-refractivity contribution in [3.63, 3.8) is 0 Å². The zero-order valence-electron chi connectivity index (χ0n) is 19.5. The van der Waals surface area contributed by atoms with Crippen LogP contribution >= 0.6 is 0 Å². The highest BCUT2D eigenvalue weighted by atomic mass is 19.1. The molecule has 2 heterocycles. The maximum atomic E-state index is 14.5. The second-order valence-electron chi connectivity index (χ2n) is 9.05. The molecule has 32 heavy (non-hydrogen) atoms. The van der Waals surface area contributed by atoms with E-state index in [2.05, 4.69) is 49.1 Å². The maximum absolute atomic E-state index is 14.5. The lowest BCUT2D eigenvalue weighted by Gasteiger charge is -2.32. The molecule has 1 aromatic heterocycles. The number of rotatable bonds is 7. The number of aromatic nitrogens is 2. The quantitative estimate of drug-likeness (QED) is 0.534. The van der Waals surface area contributed by atoms with Crippen LogP contribution in [0.2, 0.25) is 0 Å². The lowest BCUT2D eigenvalue weighted by Crippen LogP contribution is -2.37. The van der Waals surface area contributed by atoms with Crippen LogP contribution in [0.1, 0.15) is 24.0 Å². The van der Waals surface area contributed by atoms with Crippen LogP contribution < -0.4 is 4.74 Å². The number of aryl methyl sites for hydroxylation is 1. The van der Waals surface area contributed by atoms with Crippen LogP contribution in [0.25, 0.3) is 16.9 Å². The number of likely N-dealkylation sites (tertiary alicyclic amines) is 1. The summed E-state index contributed by atoms with van der Waals surface area (Å²) in [6.07, 6.45) is 4.62. The van der Waals surface area contributed by atoms with E-state index in [1.807, 2.05) is 22.9 Å². The Morgan fingerprint density at radius 3 is 2.75 bits per heavy atom. The molecule has 1 atom stereocenters. The van der Waals surface area contributed by atoms with Crippen molar-refractivity contribution in [1.82, 2.24) is 19.6 Å². The van der Waals surface area contributed by atoms with E-state index in [1.54, 1.807) is 6.07 Å². The Balaban J connectivity index is 1.65. The summed E-state index contributed by atoms with van der Waals surface area (Å²) < 4.78 is 21.5. The molecule has 0 unspecified atom stereocenters. The summed E-state index contributed by atoms with van der Waals surface area (Å²) in [7, 11) is 5.85. The standard InChI is InChI=1S/C26H33FN4O/c1-19-8-5-6-10-24(19)31-18-22(17-30(3)16-20-9-7-13-29(2)15-20)26(28-31)21-11-12-25(32-4)23(27)14-21/h5-6,8,10-12,14,18,20H,7,9,13,15-17H2,1-4H3/t20-/m1/s1. The third kappa shape index (κ3) is 5.03. The van der Waals surface area contributed by atoms with Gasteiger partial charge in [-0.15, -0.1) is 0 Å². The van der Waals surface area contributed by atoms with Crippen molar-refractivity contribution < 1.29 is 9.13 Å². The lowest BCUT2D eigenvalue weighted by molar-refractivity contribution is 0.164. The molecule has 170 valence electrons. The fraction of sp³-hybridized carbons (Fsp3) is 0.423. The average molecular weight is 437 g/mol. The van der Waals surface area contributed by atoms with E-state index in [9.17, 15) is 4.39 Å². The van der Waals surface area contributed by atoms with Gasteiger partial charge in [-0.05, 0) is 76.2 Å². The number of nitrogens with zero attached hydrogens (tertiary/aromatic N) is 4. The Morgan fingerprint density at radius 1 is 1.22 bits per heavy atom. The number of ether oxygens (including phenoxy) is 1. The lowest BCUT2D eigenvalue weighted by atomic mass is 9.98. The molecule has 0 bridgehead atoms. The molecule has 5 nitrogen and oxygen atoms in total. The van der Waals surface area contributed by atoms with Crippen molar-refractivity contribution in [1.29, 1.82) is 0 Å². The smallest absolute Gasteiger partial charge is 0.165 e. The van der Waals surface area contributed by atoms with Crippen LogP contribution in [0.4, 0.5) is 4.39 Å². The van der Waals surface area contributed by atoms with Crippen LogP contribution in [0.5, 0.6) is 5.75 Å². The molecule has 6 heteroatoms. The normalized spacial score (nSPS) is 17.1. The summed E-state index contributed by atoms with van der Waals surface area (Å²) in [4.78, 5) is 4.79. The van der Waals surface area contributed by atoms with Gasteiger partial charge in [-0.3, -0.25) is 0 Å². The molecule has 0 spiro atoms. The summed E-state index contributed by atoms with van der Waals surface area (Å²) in [5.74, 6) is 0.541. The first-order valence-electron chi connectivity index (χ1n) is 11.3. The first kappa shape index (κ1) is 22.5. The first-order valence-corrected chi connectivity index (χ1v) is 11.3. The monoisotopic (exact) mass is 436 g/mol. The number of hydrogen-bond donors (Lipinski definition) is 0. The van der Waals surface area contributed by atoms with Crippen molar-refractivity contribution in [2.24, 2.45) is 5.92 Å². The van der Waals surface area contributed by atoms with Crippen molar-refractivity contribution >= 4 is 0 Å². The second kappa shape index (κ2) is 9.84. The molecule has 0 radical (unpaired) electrons. The third-order valence-electron chi connectivity index (χ3n) is 6.31. The minimum atomic E-state index is -0.375. The summed E-state index contributed by atoms with van der Waals surface area (Å²) >= 11 is 0. The largest absolute Gasteiger partial charge is 0.494 e. The Bertz CT molecular complexity index is 1060. The summed E-state index contributed by atoms with van der Waals surface area (Å²) in [6, 6.07) is 13.2. The van der Waals surface area contributed by atoms with Gasteiger partial charge < -0.3 is 14.5 Å². The average Bonchev–Trinajstić information content (AvgIpc) is 3.17. The fourth-order valence-corrected chi connectivity index (χ4v) is 4.74. The van der Waals surface area contributed by atoms with Gasteiger partial charge in [0.25, 0.3) is 0 Å². The first-order chi connectivity index (χ1) is 15.4. The minimum absolute atomic E-state index is 0.243. The molecular weight excluding hydrogens is 403 g/mol. The third-order valence-corrected chi connectivity index (χ3v) is 6.31. The summed E-state index contributed by atoms with van der Waals surface area (Å²) in [5.41, 5.74) is 4.83.